The smallest absolute Gasteiger partial charge is 0.226 e. The van der Waals surface area contributed by atoms with E-state index in [1.807, 2.05) is 13.8 Å². The second-order valence-corrected chi connectivity index (χ2v) is 5.25. The van der Waals surface area contributed by atoms with E-state index in [0.717, 1.165) is 13.1 Å². The molecule has 3 N–H and O–H groups in total. The number of nitrogens with two attached hydrogens (primary N) is 1. The third kappa shape index (κ3) is 6.78. The van der Waals surface area contributed by atoms with Crippen molar-refractivity contribution in [2.45, 2.75) is 33.1 Å². The summed E-state index contributed by atoms with van der Waals surface area (Å²) >= 11 is 0. The topological polar surface area (TPSA) is 58.4 Å². The summed E-state index contributed by atoms with van der Waals surface area (Å²) in [6.45, 7) is 8.20. The van der Waals surface area contributed by atoms with Gasteiger partial charge >= 0.3 is 0 Å². The first-order valence-corrected chi connectivity index (χ1v) is 6.27. The van der Waals surface area contributed by atoms with Crippen LogP contribution in [0.1, 0.15) is 33.1 Å². The van der Waals surface area contributed by atoms with Gasteiger partial charge in [-0.05, 0) is 39.8 Å². The van der Waals surface area contributed by atoms with Crippen LogP contribution in [-0.4, -0.2) is 43.5 Å². The molecule has 1 fully saturated rings. The molecule has 0 radical (unpaired) electrons. The van der Waals surface area contributed by atoms with Crippen LogP contribution in [0.3, 0.4) is 0 Å². The zero-order chi connectivity index (χ0) is 12.0. The summed E-state index contributed by atoms with van der Waals surface area (Å²) in [5.41, 5.74) is 5.11. The van der Waals surface area contributed by atoms with Crippen LogP contribution in [0.2, 0.25) is 0 Å². The first-order chi connectivity index (χ1) is 7.56. The Balaban J connectivity index is 0. The Hall–Kier alpha value is -0.0300. The molecule has 0 aromatic rings. The second kappa shape index (κ2) is 9.84. The van der Waals surface area contributed by atoms with E-state index in [2.05, 4.69) is 10.2 Å². The Bertz CT molecular complexity index is 231. The molecule has 1 aliphatic rings. The zero-order valence-electron chi connectivity index (χ0n) is 11.4. The first-order valence-electron chi connectivity index (χ1n) is 6.27. The predicted molar refractivity (Wildman–Crippen MR) is 80.6 cm³/mol. The van der Waals surface area contributed by atoms with E-state index in [0.29, 0.717) is 6.54 Å². The summed E-state index contributed by atoms with van der Waals surface area (Å²) in [7, 11) is 0. The summed E-state index contributed by atoms with van der Waals surface area (Å²) in [5, 5.41) is 2.96. The number of amides is 1. The van der Waals surface area contributed by atoms with Crippen LogP contribution in [0.15, 0.2) is 0 Å². The molecule has 6 heteroatoms. The molecule has 110 valence electrons. The van der Waals surface area contributed by atoms with Gasteiger partial charge in [0, 0.05) is 19.6 Å². The van der Waals surface area contributed by atoms with Crippen molar-refractivity contribution in [1.82, 2.24) is 10.2 Å². The van der Waals surface area contributed by atoms with Gasteiger partial charge < -0.3 is 16.0 Å². The van der Waals surface area contributed by atoms with Gasteiger partial charge in [0.2, 0.25) is 5.91 Å². The summed E-state index contributed by atoms with van der Waals surface area (Å²) in [6.07, 6.45) is 3.94. The number of nitrogens with zero attached hydrogens (tertiary/aromatic N) is 1. The molecule has 0 saturated carbocycles. The molecule has 0 bridgehead atoms. The molecule has 0 aliphatic carbocycles. The molecule has 1 rings (SSSR count). The van der Waals surface area contributed by atoms with Gasteiger partial charge in [-0.2, -0.15) is 0 Å². The maximum absolute atomic E-state index is 11.7. The van der Waals surface area contributed by atoms with Gasteiger partial charge in [0.15, 0.2) is 0 Å². The highest BCUT2D eigenvalue weighted by Crippen LogP contribution is 2.12. The van der Waals surface area contributed by atoms with E-state index < -0.39 is 5.41 Å². The standard InChI is InChI=1S/C12H25N3O.2ClH/c1-12(2,10-13)11(16)14-6-9-15-7-4-3-5-8-15;;/h3-10,13H2,1-2H3,(H,14,16);2*1H. The van der Waals surface area contributed by atoms with E-state index in [9.17, 15) is 4.79 Å². The molecule has 4 nitrogen and oxygen atoms in total. The van der Waals surface area contributed by atoms with Crippen molar-refractivity contribution in [2.24, 2.45) is 11.1 Å². The van der Waals surface area contributed by atoms with Crippen LogP contribution >= 0.6 is 24.8 Å². The van der Waals surface area contributed by atoms with Crippen LogP contribution in [0.4, 0.5) is 0 Å². The van der Waals surface area contributed by atoms with Gasteiger partial charge in [-0.3, -0.25) is 4.79 Å². The molecule has 1 saturated heterocycles. The fourth-order valence-corrected chi connectivity index (χ4v) is 1.84. The van der Waals surface area contributed by atoms with Crippen molar-refractivity contribution < 1.29 is 4.79 Å². The number of halogens is 2. The van der Waals surface area contributed by atoms with Crippen LogP contribution < -0.4 is 11.1 Å². The van der Waals surface area contributed by atoms with Gasteiger partial charge in [-0.25, -0.2) is 0 Å². The third-order valence-electron chi connectivity index (χ3n) is 3.29. The number of carbonyl (C=O) groups is 1. The average Bonchev–Trinajstić information content (AvgIpc) is 2.30. The number of hydrogen-bond donors (Lipinski definition) is 2. The van der Waals surface area contributed by atoms with Gasteiger partial charge in [0.05, 0.1) is 5.41 Å². The Morgan fingerprint density at radius 3 is 2.28 bits per heavy atom. The maximum atomic E-state index is 11.7. The summed E-state index contributed by atoms with van der Waals surface area (Å²) < 4.78 is 0. The lowest BCUT2D eigenvalue weighted by Gasteiger charge is -2.27. The highest BCUT2D eigenvalue weighted by molar-refractivity contribution is 5.85. The lowest BCUT2D eigenvalue weighted by atomic mass is 9.93. The molecule has 1 heterocycles. The Morgan fingerprint density at radius 2 is 1.78 bits per heavy atom. The summed E-state index contributed by atoms with van der Waals surface area (Å²) in [5.74, 6) is 0.0620. The SMILES string of the molecule is CC(C)(CN)C(=O)NCCN1CCCCC1.Cl.Cl. The Labute approximate surface area is 123 Å². The van der Waals surface area contributed by atoms with Crippen molar-refractivity contribution in [1.29, 1.82) is 0 Å². The van der Waals surface area contributed by atoms with E-state index in [1.54, 1.807) is 0 Å². The summed E-state index contributed by atoms with van der Waals surface area (Å²) in [6, 6.07) is 0. The van der Waals surface area contributed by atoms with Gasteiger partial charge in [-0.1, -0.05) is 6.42 Å². The molecule has 0 aromatic carbocycles. The minimum absolute atomic E-state index is 0. The van der Waals surface area contributed by atoms with Crippen molar-refractivity contribution in [2.75, 3.05) is 32.7 Å². The van der Waals surface area contributed by atoms with E-state index in [-0.39, 0.29) is 30.7 Å². The molecule has 1 aliphatic heterocycles. The van der Waals surface area contributed by atoms with E-state index in [1.165, 1.54) is 32.4 Å². The molecule has 0 aromatic heterocycles. The number of piperidine rings is 1. The predicted octanol–water partition coefficient (Wildman–Crippen LogP) is 1.42. The van der Waals surface area contributed by atoms with Crippen LogP contribution in [0, 0.1) is 5.41 Å². The quantitative estimate of drug-likeness (QED) is 0.807. The van der Waals surface area contributed by atoms with Gasteiger partial charge in [-0.15, -0.1) is 24.8 Å². The Kier molecular flexibility index (Phi) is 11.1. The Morgan fingerprint density at radius 1 is 1.22 bits per heavy atom. The summed E-state index contributed by atoms with van der Waals surface area (Å²) in [4.78, 5) is 14.1. The minimum Gasteiger partial charge on any atom is -0.354 e. The normalized spacial score (nSPS) is 16.4. The minimum atomic E-state index is -0.443. The van der Waals surface area contributed by atoms with Crippen molar-refractivity contribution >= 4 is 30.7 Å². The fraction of sp³-hybridized carbons (Fsp3) is 0.917. The van der Waals surface area contributed by atoms with E-state index >= 15 is 0 Å². The van der Waals surface area contributed by atoms with Gasteiger partial charge in [0.25, 0.3) is 0 Å². The molecule has 1 amide bonds. The maximum Gasteiger partial charge on any atom is 0.226 e. The molecular weight excluding hydrogens is 273 g/mol. The molecule has 0 atom stereocenters. The molecule has 18 heavy (non-hydrogen) atoms. The number of hydrogen-bond acceptors (Lipinski definition) is 3. The fourth-order valence-electron chi connectivity index (χ4n) is 1.84. The first kappa shape index (κ1) is 20.3. The van der Waals surface area contributed by atoms with Crippen molar-refractivity contribution in [3.63, 3.8) is 0 Å². The zero-order valence-corrected chi connectivity index (χ0v) is 13.0. The number of nitrogens with one attached hydrogen (secondary N) is 1. The van der Waals surface area contributed by atoms with Crippen LogP contribution in [0.5, 0.6) is 0 Å². The van der Waals surface area contributed by atoms with E-state index in [4.69, 9.17) is 5.73 Å². The average molecular weight is 300 g/mol. The monoisotopic (exact) mass is 299 g/mol. The largest absolute Gasteiger partial charge is 0.354 e. The molecule has 0 unspecified atom stereocenters. The number of carbonyl (C=O) groups excluding carboxylic acids is 1. The highest BCUT2D eigenvalue weighted by Gasteiger charge is 2.25. The highest BCUT2D eigenvalue weighted by atomic mass is 35.5. The molecule has 0 spiro atoms. The van der Waals surface area contributed by atoms with Crippen molar-refractivity contribution in [3.05, 3.63) is 0 Å². The second-order valence-electron chi connectivity index (χ2n) is 5.25. The molecular formula is C12H27Cl2N3O. The lowest BCUT2D eigenvalue weighted by molar-refractivity contribution is -0.128. The number of rotatable bonds is 5. The third-order valence-corrected chi connectivity index (χ3v) is 3.29. The lowest BCUT2D eigenvalue weighted by Crippen LogP contribution is -2.45. The van der Waals surface area contributed by atoms with Crippen LogP contribution in [0.25, 0.3) is 0 Å². The van der Waals surface area contributed by atoms with Crippen molar-refractivity contribution in [3.8, 4) is 0 Å². The number of likely N-dealkylation sites (tertiary alicyclic amines) is 1. The van der Waals surface area contributed by atoms with Gasteiger partial charge in [0.1, 0.15) is 0 Å². The van der Waals surface area contributed by atoms with Crippen LogP contribution in [-0.2, 0) is 4.79 Å².